The van der Waals surface area contributed by atoms with E-state index in [0.717, 1.165) is 43.9 Å². The summed E-state index contributed by atoms with van der Waals surface area (Å²) in [4.78, 5) is 19.7. The standard InChI is InChI=1S/C23H35N5O/c1-5-22-21(17-24-28(22)18-19-9-7-6-8-10-19)23(29)27(4)16-15-26(3)20-11-13-25(2)14-12-20/h6-10,17,20H,5,11-16,18H2,1-4H3. The number of aromatic nitrogens is 2. The Balaban J connectivity index is 1.59. The normalized spacial score (nSPS) is 15.8. The Hall–Kier alpha value is -2.18. The number of likely N-dealkylation sites (N-methyl/N-ethyl adjacent to an activating group) is 2. The average Bonchev–Trinajstić information content (AvgIpc) is 3.14. The summed E-state index contributed by atoms with van der Waals surface area (Å²) in [5.41, 5.74) is 2.93. The van der Waals surface area contributed by atoms with Gasteiger partial charge in [-0.1, -0.05) is 37.3 Å². The third-order valence-corrected chi connectivity index (χ3v) is 6.14. The van der Waals surface area contributed by atoms with Gasteiger partial charge in [0.15, 0.2) is 0 Å². The van der Waals surface area contributed by atoms with Crippen LogP contribution in [0.3, 0.4) is 0 Å². The summed E-state index contributed by atoms with van der Waals surface area (Å²) in [5, 5.41) is 4.52. The Kier molecular flexibility index (Phi) is 7.45. The van der Waals surface area contributed by atoms with Crippen LogP contribution in [0, 0.1) is 0 Å². The van der Waals surface area contributed by atoms with E-state index in [1.807, 2.05) is 34.8 Å². The molecule has 0 bridgehead atoms. The van der Waals surface area contributed by atoms with Crippen molar-refractivity contribution in [2.45, 2.75) is 38.8 Å². The summed E-state index contributed by atoms with van der Waals surface area (Å²) >= 11 is 0. The molecule has 29 heavy (non-hydrogen) atoms. The molecule has 2 aromatic rings. The van der Waals surface area contributed by atoms with E-state index >= 15 is 0 Å². The second kappa shape index (κ2) is 10.0. The summed E-state index contributed by atoms with van der Waals surface area (Å²) in [6.07, 6.45) is 4.94. The highest BCUT2D eigenvalue weighted by Gasteiger charge is 2.23. The summed E-state index contributed by atoms with van der Waals surface area (Å²) in [6.45, 7) is 6.72. The summed E-state index contributed by atoms with van der Waals surface area (Å²) in [5.74, 6) is 0.0675. The largest absolute Gasteiger partial charge is 0.340 e. The van der Waals surface area contributed by atoms with Gasteiger partial charge in [0.2, 0.25) is 0 Å². The van der Waals surface area contributed by atoms with E-state index in [-0.39, 0.29) is 5.91 Å². The van der Waals surface area contributed by atoms with Crippen LogP contribution in [-0.4, -0.2) is 83.8 Å². The van der Waals surface area contributed by atoms with Gasteiger partial charge in [-0.15, -0.1) is 0 Å². The fourth-order valence-electron chi connectivity index (χ4n) is 4.09. The fourth-order valence-corrected chi connectivity index (χ4v) is 4.09. The van der Waals surface area contributed by atoms with Gasteiger partial charge >= 0.3 is 0 Å². The van der Waals surface area contributed by atoms with Crippen molar-refractivity contribution < 1.29 is 4.79 Å². The van der Waals surface area contributed by atoms with Crippen molar-refractivity contribution >= 4 is 5.91 Å². The van der Waals surface area contributed by atoms with Crippen LogP contribution in [-0.2, 0) is 13.0 Å². The average molecular weight is 398 g/mol. The molecule has 1 aliphatic rings. The van der Waals surface area contributed by atoms with E-state index in [4.69, 9.17) is 0 Å². The molecule has 0 N–H and O–H groups in total. The molecule has 1 aliphatic heterocycles. The van der Waals surface area contributed by atoms with E-state index in [9.17, 15) is 4.79 Å². The minimum absolute atomic E-state index is 0.0675. The Morgan fingerprint density at radius 1 is 1.14 bits per heavy atom. The molecule has 2 heterocycles. The SMILES string of the molecule is CCc1c(C(=O)N(C)CCN(C)C2CCN(C)CC2)cnn1Cc1ccccc1. The van der Waals surface area contributed by atoms with Gasteiger partial charge in [0, 0.05) is 26.2 Å². The Morgan fingerprint density at radius 2 is 1.83 bits per heavy atom. The fraction of sp³-hybridized carbons (Fsp3) is 0.565. The number of benzene rings is 1. The monoisotopic (exact) mass is 397 g/mol. The Morgan fingerprint density at radius 3 is 2.48 bits per heavy atom. The Bertz CT molecular complexity index is 780. The van der Waals surface area contributed by atoms with E-state index in [2.05, 4.69) is 48.1 Å². The first-order valence-corrected chi connectivity index (χ1v) is 10.7. The van der Waals surface area contributed by atoms with Crippen molar-refractivity contribution in [3.63, 3.8) is 0 Å². The molecule has 0 spiro atoms. The van der Waals surface area contributed by atoms with Gasteiger partial charge in [-0.3, -0.25) is 9.48 Å². The number of hydrogen-bond acceptors (Lipinski definition) is 4. The van der Waals surface area contributed by atoms with Gasteiger partial charge in [-0.2, -0.15) is 5.10 Å². The smallest absolute Gasteiger partial charge is 0.257 e. The van der Waals surface area contributed by atoms with Gasteiger partial charge in [0.25, 0.3) is 5.91 Å². The molecule has 0 atom stereocenters. The van der Waals surface area contributed by atoms with Gasteiger partial charge in [0.05, 0.1) is 24.0 Å². The van der Waals surface area contributed by atoms with Crippen molar-refractivity contribution in [2.75, 3.05) is 47.3 Å². The number of nitrogens with zero attached hydrogens (tertiary/aromatic N) is 5. The van der Waals surface area contributed by atoms with Crippen molar-refractivity contribution in [1.29, 1.82) is 0 Å². The zero-order valence-corrected chi connectivity index (χ0v) is 18.3. The number of hydrogen-bond donors (Lipinski definition) is 0. The summed E-state index contributed by atoms with van der Waals surface area (Å²) < 4.78 is 1.96. The molecule has 6 heteroatoms. The lowest BCUT2D eigenvalue weighted by molar-refractivity contribution is 0.0757. The van der Waals surface area contributed by atoms with E-state index in [1.54, 1.807) is 6.20 Å². The molecule has 0 unspecified atom stereocenters. The molecule has 1 saturated heterocycles. The van der Waals surface area contributed by atoms with Gasteiger partial charge < -0.3 is 14.7 Å². The van der Waals surface area contributed by atoms with Crippen LogP contribution in [0.4, 0.5) is 0 Å². The Labute approximate surface area is 175 Å². The zero-order valence-electron chi connectivity index (χ0n) is 18.3. The maximum Gasteiger partial charge on any atom is 0.257 e. The first-order chi connectivity index (χ1) is 14.0. The molecule has 158 valence electrons. The maximum absolute atomic E-state index is 13.1. The predicted octanol–water partition coefficient (Wildman–Crippen LogP) is 2.59. The van der Waals surface area contributed by atoms with Crippen LogP contribution in [0.25, 0.3) is 0 Å². The van der Waals surface area contributed by atoms with E-state index in [1.165, 1.54) is 18.4 Å². The first-order valence-electron chi connectivity index (χ1n) is 10.7. The highest BCUT2D eigenvalue weighted by atomic mass is 16.2. The number of piperidine rings is 1. The number of likely N-dealkylation sites (tertiary alicyclic amines) is 1. The number of rotatable bonds is 8. The highest BCUT2D eigenvalue weighted by Crippen LogP contribution is 2.16. The van der Waals surface area contributed by atoms with Crippen LogP contribution in [0.1, 0.15) is 41.4 Å². The van der Waals surface area contributed by atoms with Gasteiger partial charge in [-0.25, -0.2) is 0 Å². The van der Waals surface area contributed by atoms with Gasteiger partial charge in [0.1, 0.15) is 0 Å². The van der Waals surface area contributed by atoms with Crippen LogP contribution >= 0.6 is 0 Å². The first kappa shape index (κ1) is 21.5. The third kappa shape index (κ3) is 5.46. The van der Waals surface area contributed by atoms with Crippen LogP contribution in [0.15, 0.2) is 36.5 Å². The number of carbonyl (C=O) groups is 1. The molecule has 1 aromatic heterocycles. The topological polar surface area (TPSA) is 44.6 Å². The maximum atomic E-state index is 13.1. The quantitative estimate of drug-likeness (QED) is 0.687. The second-order valence-electron chi connectivity index (χ2n) is 8.24. The van der Waals surface area contributed by atoms with Crippen molar-refractivity contribution in [2.24, 2.45) is 0 Å². The molecule has 3 rings (SSSR count). The lowest BCUT2D eigenvalue weighted by Gasteiger charge is -2.35. The molecule has 1 aromatic carbocycles. The minimum atomic E-state index is 0.0675. The molecule has 0 aliphatic carbocycles. The summed E-state index contributed by atoms with van der Waals surface area (Å²) in [6, 6.07) is 10.9. The third-order valence-electron chi connectivity index (χ3n) is 6.14. The predicted molar refractivity (Wildman–Crippen MR) is 117 cm³/mol. The van der Waals surface area contributed by atoms with Crippen molar-refractivity contribution in [3.05, 3.63) is 53.3 Å². The lowest BCUT2D eigenvalue weighted by atomic mass is 10.0. The number of amides is 1. The van der Waals surface area contributed by atoms with Gasteiger partial charge in [-0.05, 0) is 52.0 Å². The van der Waals surface area contributed by atoms with E-state index < -0.39 is 0 Å². The molecule has 6 nitrogen and oxygen atoms in total. The molecule has 0 saturated carbocycles. The molecule has 1 fully saturated rings. The summed E-state index contributed by atoms with van der Waals surface area (Å²) in [7, 11) is 6.27. The molecule has 0 radical (unpaired) electrons. The number of carbonyl (C=O) groups excluding carboxylic acids is 1. The molecular formula is C23H35N5O. The highest BCUT2D eigenvalue weighted by molar-refractivity contribution is 5.95. The van der Waals surface area contributed by atoms with Crippen LogP contribution in [0.5, 0.6) is 0 Å². The molecule has 1 amide bonds. The minimum Gasteiger partial charge on any atom is -0.340 e. The van der Waals surface area contributed by atoms with Crippen LogP contribution in [0.2, 0.25) is 0 Å². The lowest BCUT2D eigenvalue weighted by Crippen LogP contribution is -2.44. The second-order valence-corrected chi connectivity index (χ2v) is 8.24. The van der Waals surface area contributed by atoms with Crippen LogP contribution < -0.4 is 0 Å². The van der Waals surface area contributed by atoms with E-state index in [0.29, 0.717) is 12.6 Å². The van der Waals surface area contributed by atoms with Crippen molar-refractivity contribution in [1.82, 2.24) is 24.5 Å². The molecular weight excluding hydrogens is 362 g/mol. The zero-order chi connectivity index (χ0) is 20.8. The van der Waals surface area contributed by atoms with Crippen molar-refractivity contribution in [3.8, 4) is 0 Å².